The molecule has 4 rings (SSSR count). The van der Waals surface area contributed by atoms with Crippen LogP contribution in [0.3, 0.4) is 0 Å². The number of carbonyl (C=O) groups is 1. The Kier molecular flexibility index (Phi) is 2.97. The highest BCUT2D eigenvalue weighted by molar-refractivity contribution is 5.95. The first-order chi connectivity index (χ1) is 10.7. The summed E-state index contributed by atoms with van der Waals surface area (Å²) in [5, 5.41) is 18.2. The molecule has 1 aliphatic heterocycles. The first kappa shape index (κ1) is 13.4. The number of carbonyl (C=O) groups excluding carboxylic acids is 1. The predicted octanol–water partition coefficient (Wildman–Crippen LogP) is 1.74. The van der Waals surface area contributed by atoms with Crippen LogP contribution in [-0.2, 0) is 0 Å². The summed E-state index contributed by atoms with van der Waals surface area (Å²) in [6, 6.07) is 11.5. The van der Waals surface area contributed by atoms with Crippen molar-refractivity contribution in [3.05, 3.63) is 48.2 Å². The zero-order chi connectivity index (χ0) is 15.2. The minimum Gasteiger partial charge on any atom is -0.391 e. The molecule has 2 heterocycles. The number of likely N-dealkylation sites (tertiary alicyclic amines) is 1. The Labute approximate surface area is 128 Å². The third kappa shape index (κ3) is 2.18. The van der Waals surface area contributed by atoms with Crippen LogP contribution in [0.2, 0.25) is 0 Å². The van der Waals surface area contributed by atoms with Gasteiger partial charge in [-0.2, -0.15) is 10.2 Å². The molecule has 1 amide bonds. The number of hydrogen-bond acceptors (Lipinski definition) is 4. The third-order valence-corrected chi connectivity index (χ3v) is 4.76. The quantitative estimate of drug-likeness (QED) is 0.916. The molecule has 1 atom stereocenters. The van der Waals surface area contributed by atoms with Gasteiger partial charge in [-0.15, -0.1) is 0 Å². The van der Waals surface area contributed by atoms with E-state index in [2.05, 4.69) is 10.2 Å². The first-order valence-electron chi connectivity index (χ1n) is 7.53. The summed E-state index contributed by atoms with van der Waals surface area (Å²) in [4.78, 5) is 14.4. The average molecular weight is 295 g/mol. The number of hydrogen-bond donors (Lipinski definition) is 1. The smallest absolute Gasteiger partial charge is 0.255 e. The van der Waals surface area contributed by atoms with Gasteiger partial charge in [-0.3, -0.25) is 4.79 Å². The highest BCUT2D eigenvalue weighted by Gasteiger charge is 2.55. The largest absolute Gasteiger partial charge is 0.391 e. The highest BCUT2D eigenvalue weighted by Crippen LogP contribution is 2.52. The van der Waals surface area contributed by atoms with Gasteiger partial charge < -0.3 is 10.0 Å². The second kappa shape index (κ2) is 4.88. The van der Waals surface area contributed by atoms with E-state index in [1.807, 2.05) is 30.3 Å². The number of nitrogens with zero attached hydrogens (tertiary/aromatic N) is 3. The van der Waals surface area contributed by atoms with Gasteiger partial charge in [0.05, 0.1) is 23.6 Å². The Morgan fingerprint density at radius 1 is 1.27 bits per heavy atom. The van der Waals surface area contributed by atoms with Crippen molar-refractivity contribution in [2.75, 3.05) is 13.1 Å². The van der Waals surface area contributed by atoms with E-state index < -0.39 is 0 Å². The van der Waals surface area contributed by atoms with Gasteiger partial charge in [-0.05, 0) is 18.9 Å². The minimum absolute atomic E-state index is 0.0294. The van der Waals surface area contributed by atoms with Crippen molar-refractivity contribution in [2.45, 2.75) is 18.9 Å². The summed E-state index contributed by atoms with van der Waals surface area (Å²) >= 11 is 0. The molecule has 5 nitrogen and oxygen atoms in total. The number of benzene rings is 1. The zero-order valence-electron chi connectivity index (χ0n) is 12.1. The molecule has 2 aromatic rings. The van der Waals surface area contributed by atoms with Gasteiger partial charge >= 0.3 is 0 Å². The summed E-state index contributed by atoms with van der Waals surface area (Å²) in [6.45, 7) is 1.07. The van der Waals surface area contributed by atoms with Gasteiger partial charge in [0.15, 0.2) is 0 Å². The van der Waals surface area contributed by atoms with E-state index in [1.54, 1.807) is 11.0 Å². The Morgan fingerprint density at radius 3 is 2.73 bits per heavy atom. The van der Waals surface area contributed by atoms with Crippen LogP contribution in [0.15, 0.2) is 42.6 Å². The van der Waals surface area contributed by atoms with Gasteiger partial charge in [0.2, 0.25) is 0 Å². The van der Waals surface area contributed by atoms with E-state index in [0.717, 1.165) is 18.4 Å². The average Bonchev–Trinajstić information content (AvgIpc) is 3.27. The first-order valence-corrected chi connectivity index (χ1v) is 7.53. The number of aliphatic hydroxyl groups is 1. The van der Waals surface area contributed by atoms with E-state index in [-0.39, 0.29) is 17.4 Å². The molecule has 1 saturated carbocycles. The molecular formula is C17H17N3O2. The zero-order valence-corrected chi connectivity index (χ0v) is 12.1. The number of rotatable bonds is 2. The maximum absolute atomic E-state index is 12.6. The van der Waals surface area contributed by atoms with Gasteiger partial charge in [0.1, 0.15) is 0 Å². The Hall–Kier alpha value is -2.27. The van der Waals surface area contributed by atoms with Gasteiger partial charge in [-0.25, -0.2) is 0 Å². The van der Waals surface area contributed by atoms with Crippen molar-refractivity contribution in [1.29, 1.82) is 0 Å². The predicted molar refractivity (Wildman–Crippen MR) is 81.0 cm³/mol. The summed E-state index contributed by atoms with van der Waals surface area (Å²) in [6.07, 6.45) is 3.14. The number of aliphatic hydroxyl groups excluding tert-OH is 1. The molecule has 0 bridgehead atoms. The molecule has 1 aliphatic carbocycles. The fourth-order valence-electron chi connectivity index (χ4n) is 3.18. The molecule has 5 heteroatoms. The standard InChI is InChI=1S/C17H17N3O2/c21-15-10-20(11-17(15)6-7-17)16(22)13-8-14(19-18-9-13)12-4-2-1-3-5-12/h1-5,8-9,15,21H,6-7,10-11H2. The molecule has 1 spiro atoms. The Balaban J connectivity index is 1.59. The third-order valence-electron chi connectivity index (χ3n) is 4.76. The number of aromatic nitrogens is 2. The molecule has 22 heavy (non-hydrogen) atoms. The van der Waals surface area contributed by atoms with E-state index in [0.29, 0.717) is 24.3 Å². The van der Waals surface area contributed by atoms with Crippen LogP contribution in [0.5, 0.6) is 0 Å². The van der Waals surface area contributed by atoms with Crippen molar-refractivity contribution in [3.63, 3.8) is 0 Å². The second-order valence-corrected chi connectivity index (χ2v) is 6.26. The molecule has 0 radical (unpaired) electrons. The normalized spacial score (nSPS) is 22.0. The fraction of sp³-hybridized carbons (Fsp3) is 0.353. The van der Waals surface area contributed by atoms with Crippen molar-refractivity contribution in [3.8, 4) is 11.3 Å². The van der Waals surface area contributed by atoms with E-state index in [9.17, 15) is 9.90 Å². The van der Waals surface area contributed by atoms with Gasteiger partial charge in [0, 0.05) is 24.1 Å². The lowest BCUT2D eigenvalue weighted by Crippen LogP contribution is -2.29. The summed E-state index contributed by atoms with van der Waals surface area (Å²) in [7, 11) is 0. The second-order valence-electron chi connectivity index (χ2n) is 6.26. The number of amides is 1. The summed E-state index contributed by atoms with van der Waals surface area (Å²) < 4.78 is 0. The van der Waals surface area contributed by atoms with E-state index in [1.165, 1.54) is 6.20 Å². The van der Waals surface area contributed by atoms with Crippen LogP contribution in [-0.4, -0.2) is 45.3 Å². The van der Waals surface area contributed by atoms with Gasteiger partial charge in [-0.1, -0.05) is 30.3 Å². The summed E-state index contributed by atoms with van der Waals surface area (Å²) in [5.74, 6) is -0.0742. The lowest BCUT2D eigenvalue weighted by molar-refractivity contribution is 0.0764. The molecule has 112 valence electrons. The maximum Gasteiger partial charge on any atom is 0.255 e. The molecule has 1 unspecified atom stereocenters. The van der Waals surface area contributed by atoms with E-state index >= 15 is 0 Å². The maximum atomic E-state index is 12.6. The Bertz CT molecular complexity index is 713. The monoisotopic (exact) mass is 295 g/mol. The molecule has 1 saturated heterocycles. The van der Waals surface area contributed by atoms with Crippen LogP contribution >= 0.6 is 0 Å². The van der Waals surface area contributed by atoms with E-state index in [4.69, 9.17) is 0 Å². The molecule has 1 N–H and O–H groups in total. The molecule has 2 fully saturated rings. The lowest BCUT2D eigenvalue weighted by Gasteiger charge is -2.15. The van der Waals surface area contributed by atoms with Crippen LogP contribution in [0, 0.1) is 5.41 Å². The van der Waals surface area contributed by atoms with Crippen molar-refractivity contribution in [2.24, 2.45) is 5.41 Å². The fourth-order valence-corrected chi connectivity index (χ4v) is 3.18. The summed E-state index contributed by atoms with van der Waals surface area (Å²) in [5.41, 5.74) is 2.12. The molecule has 1 aromatic carbocycles. The minimum atomic E-state index is -0.389. The van der Waals surface area contributed by atoms with Crippen LogP contribution in [0.4, 0.5) is 0 Å². The Morgan fingerprint density at radius 2 is 2.05 bits per heavy atom. The topological polar surface area (TPSA) is 66.3 Å². The van der Waals surface area contributed by atoms with Crippen molar-refractivity contribution in [1.82, 2.24) is 15.1 Å². The van der Waals surface area contributed by atoms with Crippen LogP contribution in [0.1, 0.15) is 23.2 Å². The number of β-amino-alcohol motifs (C(OH)–C–C–N with tert-alkyl or cyclic N) is 1. The van der Waals surface area contributed by atoms with Crippen LogP contribution < -0.4 is 0 Å². The molecule has 1 aromatic heterocycles. The van der Waals surface area contributed by atoms with Crippen molar-refractivity contribution >= 4 is 5.91 Å². The van der Waals surface area contributed by atoms with Crippen molar-refractivity contribution < 1.29 is 9.90 Å². The highest BCUT2D eigenvalue weighted by atomic mass is 16.3. The van der Waals surface area contributed by atoms with Crippen LogP contribution in [0.25, 0.3) is 11.3 Å². The lowest BCUT2D eigenvalue weighted by atomic mass is 10.0. The molecule has 2 aliphatic rings. The SMILES string of the molecule is O=C(c1cnnc(-c2ccccc2)c1)N1CC(O)C2(CC2)C1. The molecular weight excluding hydrogens is 278 g/mol. The van der Waals surface area contributed by atoms with Gasteiger partial charge in [0.25, 0.3) is 5.91 Å².